The third kappa shape index (κ3) is 3.51. The van der Waals surface area contributed by atoms with Crippen molar-refractivity contribution in [2.24, 2.45) is 0 Å². The second-order valence-electron chi connectivity index (χ2n) is 3.20. The van der Waals surface area contributed by atoms with E-state index in [0.29, 0.717) is 12.4 Å². The van der Waals surface area contributed by atoms with Crippen molar-refractivity contribution in [2.45, 2.75) is 6.54 Å². The van der Waals surface area contributed by atoms with Gasteiger partial charge in [-0.15, -0.1) is 12.4 Å². The molecular weight excluding hydrogens is 227 g/mol. The predicted molar refractivity (Wildman–Crippen MR) is 65.2 cm³/mol. The van der Waals surface area contributed by atoms with Crippen molar-refractivity contribution in [3.05, 3.63) is 60.0 Å². The zero-order valence-electron chi connectivity index (χ0n) is 8.56. The Labute approximate surface area is 99.9 Å². The van der Waals surface area contributed by atoms with Crippen molar-refractivity contribution >= 4 is 18.2 Å². The number of nitrogens with zero attached hydrogens (tertiary/aromatic N) is 1. The second-order valence-corrected chi connectivity index (χ2v) is 3.20. The van der Waals surface area contributed by atoms with Crippen LogP contribution in [0.2, 0.25) is 0 Å². The van der Waals surface area contributed by atoms with Gasteiger partial charge in [-0.25, -0.2) is 9.37 Å². The van der Waals surface area contributed by atoms with Crippen LogP contribution in [0.4, 0.5) is 10.2 Å². The molecule has 0 aliphatic rings. The minimum atomic E-state index is -0.319. The van der Waals surface area contributed by atoms with Crippen LogP contribution in [0, 0.1) is 5.82 Å². The standard InChI is InChI=1S/C12H11FN2.ClH/c13-11-6-7-12(15-9-11)14-8-10-4-2-1-3-5-10;/h1-7,9H,8H2,(H,14,15);1H. The lowest BCUT2D eigenvalue weighted by Crippen LogP contribution is -2.00. The Morgan fingerprint density at radius 1 is 1.06 bits per heavy atom. The molecule has 16 heavy (non-hydrogen) atoms. The summed E-state index contributed by atoms with van der Waals surface area (Å²) in [6.07, 6.45) is 1.20. The van der Waals surface area contributed by atoms with E-state index in [4.69, 9.17) is 0 Å². The molecule has 0 aliphatic heterocycles. The molecule has 0 fully saturated rings. The lowest BCUT2D eigenvalue weighted by molar-refractivity contribution is 0.621. The van der Waals surface area contributed by atoms with Crippen molar-refractivity contribution in [1.82, 2.24) is 4.98 Å². The van der Waals surface area contributed by atoms with E-state index < -0.39 is 0 Å². The molecule has 0 saturated heterocycles. The number of hydrogen-bond donors (Lipinski definition) is 1. The number of rotatable bonds is 3. The molecule has 1 heterocycles. The van der Waals surface area contributed by atoms with Crippen LogP contribution in [0.5, 0.6) is 0 Å². The van der Waals surface area contributed by atoms with Gasteiger partial charge in [0.1, 0.15) is 11.6 Å². The van der Waals surface area contributed by atoms with Gasteiger partial charge in [-0.05, 0) is 17.7 Å². The monoisotopic (exact) mass is 238 g/mol. The summed E-state index contributed by atoms with van der Waals surface area (Å²) in [4.78, 5) is 3.91. The molecule has 2 aromatic rings. The summed E-state index contributed by atoms with van der Waals surface area (Å²) in [5, 5.41) is 3.11. The number of hydrogen-bond acceptors (Lipinski definition) is 2. The van der Waals surface area contributed by atoms with E-state index in [0.717, 1.165) is 0 Å². The largest absolute Gasteiger partial charge is 0.366 e. The van der Waals surface area contributed by atoms with Crippen molar-refractivity contribution in [3.63, 3.8) is 0 Å². The maximum Gasteiger partial charge on any atom is 0.141 e. The van der Waals surface area contributed by atoms with Gasteiger partial charge in [0.2, 0.25) is 0 Å². The molecule has 0 bridgehead atoms. The average Bonchev–Trinajstić information content (AvgIpc) is 2.30. The number of halogens is 2. The highest BCUT2D eigenvalue weighted by molar-refractivity contribution is 5.85. The first-order valence-corrected chi connectivity index (χ1v) is 4.74. The summed E-state index contributed by atoms with van der Waals surface area (Å²) in [5.74, 6) is 0.362. The van der Waals surface area contributed by atoms with Crippen LogP contribution in [-0.4, -0.2) is 4.98 Å². The molecule has 84 valence electrons. The van der Waals surface area contributed by atoms with Crippen molar-refractivity contribution < 1.29 is 4.39 Å². The number of benzene rings is 1. The fourth-order valence-corrected chi connectivity index (χ4v) is 1.27. The van der Waals surface area contributed by atoms with Gasteiger partial charge in [0.15, 0.2) is 0 Å². The van der Waals surface area contributed by atoms with E-state index in [1.165, 1.54) is 17.8 Å². The molecule has 2 rings (SSSR count). The number of anilines is 1. The van der Waals surface area contributed by atoms with Crippen LogP contribution in [0.1, 0.15) is 5.56 Å². The summed E-state index contributed by atoms with van der Waals surface area (Å²) in [6.45, 7) is 0.694. The van der Waals surface area contributed by atoms with Crippen LogP contribution in [0.15, 0.2) is 48.7 Å². The first-order valence-electron chi connectivity index (χ1n) is 4.74. The van der Waals surface area contributed by atoms with Gasteiger partial charge in [0.25, 0.3) is 0 Å². The number of pyridine rings is 1. The predicted octanol–water partition coefficient (Wildman–Crippen LogP) is 3.25. The number of aromatic nitrogens is 1. The third-order valence-corrected chi connectivity index (χ3v) is 2.04. The Morgan fingerprint density at radius 3 is 2.44 bits per heavy atom. The molecule has 1 aromatic carbocycles. The topological polar surface area (TPSA) is 24.9 Å². The smallest absolute Gasteiger partial charge is 0.141 e. The normalized spacial score (nSPS) is 9.31. The van der Waals surface area contributed by atoms with E-state index in [1.807, 2.05) is 30.3 Å². The molecule has 0 aliphatic carbocycles. The van der Waals surface area contributed by atoms with Crippen LogP contribution in [0.25, 0.3) is 0 Å². The first kappa shape index (κ1) is 12.5. The molecule has 1 N–H and O–H groups in total. The molecule has 0 spiro atoms. The third-order valence-electron chi connectivity index (χ3n) is 2.04. The van der Waals surface area contributed by atoms with Crippen LogP contribution in [-0.2, 0) is 6.54 Å². The van der Waals surface area contributed by atoms with Gasteiger partial charge in [0.05, 0.1) is 6.20 Å². The minimum Gasteiger partial charge on any atom is -0.366 e. The van der Waals surface area contributed by atoms with E-state index in [-0.39, 0.29) is 18.2 Å². The summed E-state index contributed by atoms with van der Waals surface area (Å²) in [5.41, 5.74) is 1.17. The Balaban J connectivity index is 0.00000128. The van der Waals surface area contributed by atoms with Gasteiger partial charge in [-0.3, -0.25) is 0 Å². The fourth-order valence-electron chi connectivity index (χ4n) is 1.27. The van der Waals surface area contributed by atoms with Crippen molar-refractivity contribution in [3.8, 4) is 0 Å². The Morgan fingerprint density at radius 2 is 1.81 bits per heavy atom. The molecule has 0 amide bonds. The first-order chi connectivity index (χ1) is 7.34. The van der Waals surface area contributed by atoms with E-state index >= 15 is 0 Å². The van der Waals surface area contributed by atoms with E-state index in [1.54, 1.807) is 6.07 Å². The number of nitrogens with one attached hydrogen (secondary N) is 1. The quantitative estimate of drug-likeness (QED) is 0.888. The Hall–Kier alpha value is -1.61. The molecule has 0 unspecified atom stereocenters. The zero-order chi connectivity index (χ0) is 10.5. The molecule has 0 radical (unpaired) electrons. The van der Waals surface area contributed by atoms with Gasteiger partial charge < -0.3 is 5.32 Å². The maximum absolute atomic E-state index is 12.6. The minimum absolute atomic E-state index is 0. The molecule has 1 aromatic heterocycles. The van der Waals surface area contributed by atoms with Gasteiger partial charge >= 0.3 is 0 Å². The lowest BCUT2D eigenvalue weighted by Gasteiger charge is -2.04. The van der Waals surface area contributed by atoms with E-state index in [2.05, 4.69) is 10.3 Å². The van der Waals surface area contributed by atoms with Crippen molar-refractivity contribution in [2.75, 3.05) is 5.32 Å². The van der Waals surface area contributed by atoms with Crippen LogP contribution >= 0.6 is 12.4 Å². The van der Waals surface area contributed by atoms with Gasteiger partial charge in [-0.2, -0.15) is 0 Å². The molecular formula is C12H12ClFN2. The highest BCUT2D eigenvalue weighted by Gasteiger charge is 1.94. The van der Waals surface area contributed by atoms with E-state index in [9.17, 15) is 4.39 Å². The Kier molecular flexibility index (Phi) is 4.73. The Bertz CT molecular complexity index is 417. The lowest BCUT2D eigenvalue weighted by atomic mass is 10.2. The molecule has 2 nitrogen and oxygen atoms in total. The maximum atomic E-state index is 12.6. The summed E-state index contributed by atoms with van der Waals surface area (Å²) < 4.78 is 12.6. The summed E-state index contributed by atoms with van der Waals surface area (Å²) in [6, 6.07) is 13.0. The van der Waals surface area contributed by atoms with Gasteiger partial charge in [-0.1, -0.05) is 30.3 Å². The highest BCUT2D eigenvalue weighted by atomic mass is 35.5. The van der Waals surface area contributed by atoms with Crippen LogP contribution in [0.3, 0.4) is 0 Å². The second kappa shape index (κ2) is 6.08. The molecule has 0 saturated carbocycles. The summed E-state index contributed by atoms with van der Waals surface area (Å²) >= 11 is 0. The molecule has 4 heteroatoms. The van der Waals surface area contributed by atoms with Crippen LogP contribution < -0.4 is 5.32 Å². The highest BCUT2D eigenvalue weighted by Crippen LogP contribution is 2.06. The average molecular weight is 239 g/mol. The van der Waals surface area contributed by atoms with Gasteiger partial charge in [0, 0.05) is 6.54 Å². The molecule has 0 atom stereocenters. The zero-order valence-corrected chi connectivity index (χ0v) is 9.38. The summed E-state index contributed by atoms with van der Waals surface area (Å²) in [7, 11) is 0. The fraction of sp³-hybridized carbons (Fsp3) is 0.0833. The van der Waals surface area contributed by atoms with Crippen molar-refractivity contribution in [1.29, 1.82) is 0 Å². The SMILES string of the molecule is Cl.Fc1ccc(NCc2ccccc2)nc1.